The standard InChI is InChI=1S/C7H16O3.C6H12O3/c1-6(4-8)10-5-7(2)9-3;1-5(4-8-3)9-6(2)7/h6-8H,4-5H2,1-3H3;5H,4H2,1-3H3. The van der Waals surface area contributed by atoms with E-state index in [-0.39, 0.29) is 30.9 Å². The van der Waals surface area contributed by atoms with Gasteiger partial charge in [-0.3, -0.25) is 4.79 Å². The topological polar surface area (TPSA) is 74.2 Å². The number of esters is 1. The molecule has 6 nitrogen and oxygen atoms in total. The van der Waals surface area contributed by atoms with Gasteiger partial charge in [0.25, 0.3) is 0 Å². The molecule has 0 aliphatic heterocycles. The van der Waals surface area contributed by atoms with Crippen molar-refractivity contribution in [1.82, 2.24) is 0 Å². The highest BCUT2D eigenvalue weighted by molar-refractivity contribution is 5.66. The van der Waals surface area contributed by atoms with Crippen molar-refractivity contribution in [1.29, 1.82) is 0 Å². The van der Waals surface area contributed by atoms with Crippen LogP contribution in [0.5, 0.6) is 0 Å². The average molecular weight is 280 g/mol. The van der Waals surface area contributed by atoms with E-state index in [9.17, 15) is 4.79 Å². The monoisotopic (exact) mass is 280 g/mol. The summed E-state index contributed by atoms with van der Waals surface area (Å²) in [5, 5.41) is 8.55. The molecule has 0 spiro atoms. The van der Waals surface area contributed by atoms with Gasteiger partial charge in [-0.1, -0.05) is 0 Å². The molecule has 0 saturated carbocycles. The number of hydrogen-bond acceptors (Lipinski definition) is 6. The third kappa shape index (κ3) is 17.3. The Morgan fingerprint density at radius 1 is 1.05 bits per heavy atom. The Morgan fingerprint density at radius 2 is 1.63 bits per heavy atom. The number of carbonyl (C=O) groups excluding carboxylic acids is 1. The van der Waals surface area contributed by atoms with Gasteiger partial charge in [-0.25, -0.2) is 0 Å². The molecule has 1 N–H and O–H groups in total. The summed E-state index contributed by atoms with van der Waals surface area (Å²) in [7, 11) is 3.21. The van der Waals surface area contributed by atoms with Crippen molar-refractivity contribution in [3.05, 3.63) is 0 Å². The Bertz CT molecular complexity index is 199. The van der Waals surface area contributed by atoms with Crippen LogP contribution in [0, 0.1) is 0 Å². The molecule has 0 aromatic carbocycles. The van der Waals surface area contributed by atoms with Gasteiger partial charge in [0.2, 0.25) is 0 Å². The lowest BCUT2D eigenvalue weighted by molar-refractivity contribution is -0.147. The lowest BCUT2D eigenvalue weighted by atomic mass is 10.4. The van der Waals surface area contributed by atoms with E-state index < -0.39 is 0 Å². The van der Waals surface area contributed by atoms with Crippen molar-refractivity contribution < 1.29 is 28.8 Å². The van der Waals surface area contributed by atoms with E-state index >= 15 is 0 Å². The first-order valence-electron chi connectivity index (χ1n) is 6.28. The fraction of sp³-hybridized carbons (Fsp3) is 0.923. The summed E-state index contributed by atoms with van der Waals surface area (Å²) in [5.74, 6) is -0.264. The summed E-state index contributed by atoms with van der Waals surface area (Å²) in [6.07, 6.45) is -0.112. The minimum Gasteiger partial charge on any atom is -0.460 e. The summed E-state index contributed by atoms with van der Waals surface area (Å²) < 4.78 is 19.6. The third-order valence-corrected chi connectivity index (χ3v) is 2.04. The number of hydrogen-bond donors (Lipinski definition) is 1. The fourth-order valence-electron chi connectivity index (χ4n) is 0.973. The molecule has 0 amide bonds. The van der Waals surface area contributed by atoms with Crippen molar-refractivity contribution >= 4 is 5.97 Å². The molecule has 0 bridgehead atoms. The summed E-state index contributed by atoms with van der Waals surface area (Å²) in [4.78, 5) is 10.3. The first kappa shape index (κ1) is 20.6. The predicted octanol–water partition coefficient (Wildman–Crippen LogP) is 1.00. The zero-order valence-corrected chi connectivity index (χ0v) is 12.8. The highest BCUT2D eigenvalue weighted by atomic mass is 16.6. The quantitative estimate of drug-likeness (QED) is 0.669. The maximum absolute atomic E-state index is 10.3. The molecular weight excluding hydrogens is 252 g/mol. The number of ether oxygens (including phenoxy) is 4. The van der Waals surface area contributed by atoms with Gasteiger partial charge in [-0.15, -0.1) is 0 Å². The molecule has 0 rings (SSSR count). The minimum atomic E-state index is -0.264. The van der Waals surface area contributed by atoms with Crippen LogP contribution in [0.15, 0.2) is 0 Å². The zero-order chi connectivity index (χ0) is 15.3. The van der Waals surface area contributed by atoms with Gasteiger partial charge in [-0.05, 0) is 20.8 Å². The summed E-state index contributed by atoms with van der Waals surface area (Å²) in [5.41, 5.74) is 0. The van der Waals surface area contributed by atoms with E-state index in [4.69, 9.17) is 24.1 Å². The van der Waals surface area contributed by atoms with Crippen LogP contribution in [0.1, 0.15) is 27.7 Å². The van der Waals surface area contributed by atoms with Crippen molar-refractivity contribution in [3.8, 4) is 0 Å². The Labute approximate surface area is 116 Å². The Balaban J connectivity index is 0. The molecule has 19 heavy (non-hydrogen) atoms. The lowest BCUT2D eigenvalue weighted by Crippen LogP contribution is -2.21. The normalized spacial score (nSPS) is 14.9. The van der Waals surface area contributed by atoms with Crippen LogP contribution in [-0.4, -0.2) is 63.4 Å². The van der Waals surface area contributed by atoms with Gasteiger partial charge in [-0.2, -0.15) is 0 Å². The highest BCUT2D eigenvalue weighted by Crippen LogP contribution is 1.93. The van der Waals surface area contributed by atoms with Crippen molar-refractivity contribution in [3.63, 3.8) is 0 Å². The summed E-state index contributed by atoms with van der Waals surface area (Å²) >= 11 is 0. The molecule has 0 saturated heterocycles. The molecule has 0 aliphatic carbocycles. The van der Waals surface area contributed by atoms with Crippen molar-refractivity contribution in [2.75, 3.05) is 34.0 Å². The average Bonchev–Trinajstić information content (AvgIpc) is 2.35. The maximum atomic E-state index is 10.3. The Hall–Kier alpha value is -0.690. The molecule has 116 valence electrons. The van der Waals surface area contributed by atoms with E-state index in [0.717, 1.165) is 0 Å². The van der Waals surface area contributed by atoms with Crippen LogP contribution in [-0.2, 0) is 23.7 Å². The van der Waals surface area contributed by atoms with E-state index in [1.165, 1.54) is 6.92 Å². The van der Waals surface area contributed by atoms with E-state index in [2.05, 4.69) is 0 Å². The second-order valence-corrected chi connectivity index (χ2v) is 4.25. The van der Waals surface area contributed by atoms with Gasteiger partial charge in [0.1, 0.15) is 6.10 Å². The summed E-state index contributed by atoms with van der Waals surface area (Å²) in [6.45, 7) is 7.97. The molecule has 3 unspecified atom stereocenters. The maximum Gasteiger partial charge on any atom is 0.302 e. The van der Waals surface area contributed by atoms with E-state index in [1.54, 1.807) is 21.1 Å². The Morgan fingerprint density at radius 3 is 2.00 bits per heavy atom. The largest absolute Gasteiger partial charge is 0.460 e. The molecule has 0 heterocycles. The first-order valence-corrected chi connectivity index (χ1v) is 6.28. The van der Waals surface area contributed by atoms with Crippen LogP contribution >= 0.6 is 0 Å². The highest BCUT2D eigenvalue weighted by Gasteiger charge is 2.03. The van der Waals surface area contributed by atoms with Gasteiger partial charge in [0.05, 0.1) is 32.0 Å². The molecule has 0 aliphatic rings. The number of aliphatic hydroxyl groups is 1. The van der Waals surface area contributed by atoms with Gasteiger partial charge < -0.3 is 24.1 Å². The number of carbonyl (C=O) groups is 1. The zero-order valence-electron chi connectivity index (χ0n) is 12.8. The lowest BCUT2D eigenvalue weighted by Gasteiger charge is -2.13. The smallest absolute Gasteiger partial charge is 0.302 e. The van der Waals surface area contributed by atoms with Crippen molar-refractivity contribution in [2.45, 2.75) is 46.0 Å². The van der Waals surface area contributed by atoms with Gasteiger partial charge >= 0.3 is 5.97 Å². The molecule has 3 atom stereocenters. The number of methoxy groups -OCH3 is 2. The fourth-order valence-corrected chi connectivity index (χ4v) is 0.973. The first-order chi connectivity index (χ1) is 8.87. The molecule has 0 aromatic rings. The van der Waals surface area contributed by atoms with Crippen molar-refractivity contribution in [2.24, 2.45) is 0 Å². The van der Waals surface area contributed by atoms with E-state index in [0.29, 0.717) is 13.2 Å². The predicted molar refractivity (Wildman–Crippen MR) is 72.1 cm³/mol. The SMILES string of the molecule is COC(C)COC(C)CO.COCC(C)OC(C)=O. The third-order valence-electron chi connectivity index (χ3n) is 2.04. The van der Waals surface area contributed by atoms with Crippen LogP contribution in [0.4, 0.5) is 0 Å². The second kappa shape index (κ2) is 13.7. The van der Waals surface area contributed by atoms with Crippen LogP contribution < -0.4 is 0 Å². The Kier molecular flexibility index (Phi) is 14.9. The number of aliphatic hydroxyl groups excluding tert-OH is 1. The molecular formula is C13H28O6. The molecule has 0 fully saturated rings. The summed E-state index contributed by atoms with van der Waals surface area (Å²) in [6, 6.07) is 0. The molecule has 6 heteroatoms. The minimum absolute atomic E-state index is 0.0659. The van der Waals surface area contributed by atoms with Gasteiger partial charge in [0.15, 0.2) is 0 Å². The molecule has 0 aromatic heterocycles. The van der Waals surface area contributed by atoms with Crippen LogP contribution in [0.3, 0.4) is 0 Å². The number of rotatable bonds is 8. The van der Waals surface area contributed by atoms with Crippen LogP contribution in [0.2, 0.25) is 0 Å². The van der Waals surface area contributed by atoms with Crippen LogP contribution in [0.25, 0.3) is 0 Å². The van der Waals surface area contributed by atoms with Gasteiger partial charge in [0, 0.05) is 21.1 Å². The van der Waals surface area contributed by atoms with E-state index in [1.807, 2.05) is 13.8 Å². The second-order valence-electron chi connectivity index (χ2n) is 4.25. The molecule has 0 radical (unpaired) electrons.